The van der Waals surface area contributed by atoms with Crippen LogP contribution in [0.5, 0.6) is 0 Å². The van der Waals surface area contributed by atoms with Crippen LogP contribution >= 0.6 is 0 Å². The molecule has 7 nitrogen and oxygen atoms in total. The molecule has 1 saturated heterocycles. The van der Waals surface area contributed by atoms with Crippen LogP contribution < -0.4 is 10.2 Å². The summed E-state index contributed by atoms with van der Waals surface area (Å²) in [6.07, 6.45) is 0.893. The van der Waals surface area contributed by atoms with Crippen molar-refractivity contribution in [2.75, 3.05) is 11.4 Å². The minimum Gasteiger partial charge on any atom is -0.352 e. The molecule has 0 aromatic heterocycles. The smallest absolute Gasteiger partial charge is 0.306 e. The summed E-state index contributed by atoms with van der Waals surface area (Å²) in [7, 11) is 0. The van der Waals surface area contributed by atoms with E-state index in [1.54, 1.807) is 0 Å². The number of anilines is 1. The molecule has 1 N–H and O–H groups in total. The van der Waals surface area contributed by atoms with Crippen LogP contribution in [0.3, 0.4) is 0 Å². The largest absolute Gasteiger partial charge is 0.352 e. The summed E-state index contributed by atoms with van der Waals surface area (Å²) >= 11 is 0. The van der Waals surface area contributed by atoms with Gasteiger partial charge in [-0.2, -0.15) is 4.39 Å². The molecular weight excluding hydrogens is 377 g/mol. The maximum absolute atomic E-state index is 13.6. The summed E-state index contributed by atoms with van der Waals surface area (Å²) in [5, 5.41) is 14.0. The summed E-state index contributed by atoms with van der Waals surface area (Å²) in [6.45, 7) is 2.16. The van der Waals surface area contributed by atoms with Crippen LogP contribution in [0.25, 0.3) is 0 Å². The first-order valence-corrected chi connectivity index (χ1v) is 9.45. The molecule has 8 heteroatoms. The number of carbonyl (C=O) groups excluding carboxylic acids is 2. The van der Waals surface area contributed by atoms with E-state index in [1.807, 2.05) is 25.1 Å². The number of nitro benzene ring substituents is 1. The van der Waals surface area contributed by atoms with Crippen LogP contribution in [-0.4, -0.2) is 29.3 Å². The summed E-state index contributed by atoms with van der Waals surface area (Å²) in [5.74, 6) is -1.72. The van der Waals surface area contributed by atoms with E-state index in [0.717, 1.165) is 18.6 Å². The van der Waals surface area contributed by atoms with Crippen LogP contribution in [-0.2, 0) is 9.59 Å². The molecule has 3 atom stereocenters. The van der Waals surface area contributed by atoms with E-state index in [-0.39, 0.29) is 42.4 Å². The molecule has 0 bridgehead atoms. The fraction of sp³-hybridized carbons (Fsp3) is 0.333. The average Bonchev–Trinajstić information content (AvgIpc) is 3.32. The Labute approximate surface area is 166 Å². The van der Waals surface area contributed by atoms with Crippen LogP contribution in [0.15, 0.2) is 42.5 Å². The molecule has 1 saturated carbocycles. The Morgan fingerprint density at radius 2 is 2.03 bits per heavy atom. The van der Waals surface area contributed by atoms with E-state index in [0.29, 0.717) is 0 Å². The first-order chi connectivity index (χ1) is 13.8. The summed E-state index contributed by atoms with van der Waals surface area (Å²) in [4.78, 5) is 36.4. The minimum atomic E-state index is -0.962. The lowest BCUT2D eigenvalue weighted by atomic mass is 10.0. The van der Waals surface area contributed by atoms with Gasteiger partial charge in [0, 0.05) is 31.0 Å². The number of halogens is 1. The van der Waals surface area contributed by atoms with E-state index < -0.39 is 22.3 Å². The molecule has 1 aliphatic heterocycles. The number of benzene rings is 2. The summed E-state index contributed by atoms with van der Waals surface area (Å²) in [5.41, 5.74) is 1.94. The van der Waals surface area contributed by atoms with Gasteiger partial charge < -0.3 is 10.2 Å². The molecule has 2 aromatic rings. The molecule has 29 heavy (non-hydrogen) atoms. The molecule has 2 amide bonds. The molecule has 1 aliphatic carbocycles. The highest BCUT2D eigenvalue weighted by atomic mass is 19.1. The number of rotatable bonds is 5. The van der Waals surface area contributed by atoms with Crippen molar-refractivity contribution in [1.82, 2.24) is 5.32 Å². The van der Waals surface area contributed by atoms with Gasteiger partial charge in [-0.15, -0.1) is 0 Å². The zero-order chi connectivity index (χ0) is 20.7. The average molecular weight is 397 g/mol. The van der Waals surface area contributed by atoms with Gasteiger partial charge in [0.2, 0.25) is 17.6 Å². The highest BCUT2D eigenvalue weighted by Crippen LogP contribution is 2.42. The number of hydrogen-bond donors (Lipinski definition) is 1. The van der Waals surface area contributed by atoms with Crippen molar-refractivity contribution >= 4 is 23.2 Å². The number of hydrogen-bond acceptors (Lipinski definition) is 4. The topological polar surface area (TPSA) is 92.6 Å². The monoisotopic (exact) mass is 397 g/mol. The van der Waals surface area contributed by atoms with Crippen molar-refractivity contribution in [2.24, 2.45) is 5.92 Å². The van der Waals surface area contributed by atoms with E-state index in [4.69, 9.17) is 0 Å². The van der Waals surface area contributed by atoms with Crippen molar-refractivity contribution in [1.29, 1.82) is 0 Å². The molecule has 4 rings (SSSR count). The number of nitro groups is 1. The number of aryl methyl sites for hydroxylation is 1. The van der Waals surface area contributed by atoms with Gasteiger partial charge in [-0.1, -0.05) is 24.3 Å². The maximum atomic E-state index is 13.6. The Kier molecular flexibility index (Phi) is 4.77. The van der Waals surface area contributed by atoms with Crippen molar-refractivity contribution in [2.45, 2.75) is 31.7 Å². The Balaban J connectivity index is 1.41. The molecule has 0 unspecified atom stereocenters. The second-order valence-corrected chi connectivity index (χ2v) is 7.61. The zero-order valence-electron chi connectivity index (χ0n) is 15.8. The van der Waals surface area contributed by atoms with Gasteiger partial charge in [-0.3, -0.25) is 19.7 Å². The normalized spacial score (nSPS) is 23.2. The molecule has 1 heterocycles. The SMILES string of the molecule is Cc1ccccc1[C@@H]1C[C@H]1NC(=O)[C@@H]1CC(=O)N(c2ccc(F)c([N+](=O)[O-])c2)C1. The highest BCUT2D eigenvalue weighted by Gasteiger charge is 2.43. The first-order valence-electron chi connectivity index (χ1n) is 9.45. The van der Waals surface area contributed by atoms with Crippen LogP contribution in [0.2, 0.25) is 0 Å². The van der Waals surface area contributed by atoms with Gasteiger partial charge in [-0.05, 0) is 36.6 Å². The molecule has 2 fully saturated rings. The molecule has 2 aromatic carbocycles. The summed E-state index contributed by atoms with van der Waals surface area (Å²) < 4.78 is 13.6. The second kappa shape index (κ2) is 7.27. The fourth-order valence-corrected chi connectivity index (χ4v) is 3.94. The van der Waals surface area contributed by atoms with Gasteiger partial charge >= 0.3 is 5.69 Å². The lowest BCUT2D eigenvalue weighted by Crippen LogP contribution is -2.34. The predicted octanol–water partition coefficient (Wildman–Crippen LogP) is 3.07. The molecule has 0 spiro atoms. The van der Waals surface area contributed by atoms with Crippen LogP contribution in [0, 0.1) is 28.8 Å². The Hall–Kier alpha value is -3.29. The standard InChI is InChI=1S/C21H20FN3O4/c1-12-4-2-3-5-15(12)16-10-18(16)23-21(27)13-8-20(26)24(11-13)14-6-7-17(22)19(9-14)25(28)29/h2-7,9,13,16,18H,8,10-11H2,1H3,(H,23,27)/t13-,16+,18-/m1/s1. The van der Waals surface area contributed by atoms with E-state index in [1.165, 1.54) is 22.1 Å². The quantitative estimate of drug-likeness (QED) is 0.620. The van der Waals surface area contributed by atoms with Crippen molar-refractivity contribution in [3.63, 3.8) is 0 Å². The summed E-state index contributed by atoms with van der Waals surface area (Å²) in [6, 6.07) is 11.4. The highest BCUT2D eigenvalue weighted by molar-refractivity contribution is 6.00. The molecule has 150 valence electrons. The van der Waals surface area contributed by atoms with Crippen molar-refractivity contribution in [3.05, 3.63) is 69.5 Å². The fourth-order valence-electron chi connectivity index (χ4n) is 3.94. The number of nitrogens with one attached hydrogen (secondary N) is 1. The van der Waals surface area contributed by atoms with Gasteiger partial charge in [0.25, 0.3) is 0 Å². The van der Waals surface area contributed by atoms with E-state index >= 15 is 0 Å². The van der Waals surface area contributed by atoms with Crippen LogP contribution in [0.1, 0.15) is 29.9 Å². The third-order valence-corrected chi connectivity index (χ3v) is 5.64. The zero-order valence-corrected chi connectivity index (χ0v) is 15.8. The van der Waals surface area contributed by atoms with Gasteiger partial charge in [0.15, 0.2) is 0 Å². The molecule has 0 radical (unpaired) electrons. The van der Waals surface area contributed by atoms with Gasteiger partial charge in [0.05, 0.1) is 16.5 Å². The molecule has 2 aliphatic rings. The predicted molar refractivity (Wildman–Crippen MR) is 104 cm³/mol. The van der Waals surface area contributed by atoms with E-state index in [9.17, 15) is 24.1 Å². The Morgan fingerprint density at radius 3 is 2.76 bits per heavy atom. The van der Waals surface area contributed by atoms with Crippen molar-refractivity contribution < 1.29 is 18.9 Å². The minimum absolute atomic E-state index is 0.0265. The second-order valence-electron chi connectivity index (χ2n) is 7.61. The third kappa shape index (κ3) is 3.70. The first kappa shape index (κ1) is 19.0. The number of nitrogens with zero attached hydrogens (tertiary/aromatic N) is 2. The van der Waals surface area contributed by atoms with Gasteiger partial charge in [0.1, 0.15) is 0 Å². The Morgan fingerprint density at radius 1 is 1.28 bits per heavy atom. The third-order valence-electron chi connectivity index (χ3n) is 5.64. The molecular formula is C21H20FN3O4. The van der Waals surface area contributed by atoms with Crippen LogP contribution in [0.4, 0.5) is 15.8 Å². The van der Waals surface area contributed by atoms with E-state index in [2.05, 4.69) is 11.4 Å². The Bertz CT molecular complexity index is 1010. The van der Waals surface area contributed by atoms with Gasteiger partial charge in [-0.25, -0.2) is 0 Å². The maximum Gasteiger partial charge on any atom is 0.306 e. The lowest BCUT2D eigenvalue weighted by Gasteiger charge is -2.16. The number of carbonyl (C=O) groups is 2. The van der Waals surface area contributed by atoms with Crippen molar-refractivity contribution in [3.8, 4) is 0 Å². The lowest BCUT2D eigenvalue weighted by molar-refractivity contribution is -0.387. The number of amides is 2.